The number of nitrogens with zero attached hydrogens (tertiary/aromatic N) is 5. The molecule has 23 heavy (non-hydrogen) atoms. The summed E-state index contributed by atoms with van der Waals surface area (Å²) in [5, 5.41) is 23.7. The number of hydrogen-bond donors (Lipinski definition) is 2. The molecule has 2 N–H and O–H groups in total. The SMILES string of the molecule is CC(O)CNc1nc(-c2ccc([N+](=O)[O-])o2)nc2ncncc12. The maximum absolute atomic E-state index is 10.7. The number of fused-ring (bicyclic) bond motifs is 1. The van der Waals surface area contributed by atoms with Crippen molar-refractivity contribution in [2.75, 3.05) is 11.9 Å². The largest absolute Gasteiger partial charge is 0.433 e. The van der Waals surface area contributed by atoms with E-state index >= 15 is 0 Å². The zero-order valence-corrected chi connectivity index (χ0v) is 12.0. The zero-order valence-electron chi connectivity index (χ0n) is 12.0. The molecule has 0 spiro atoms. The van der Waals surface area contributed by atoms with E-state index in [2.05, 4.69) is 25.3 Å². The highest BCUT2D eigenvalue weighted by Crippen LogP contribution is 2.27. The van der Waals surface area contributed by atoms with Gasteiger partial charge in [-0.3, -0.25) is 10.1 Å². The second-order valence-electron chi connectivity index (χ2n) is 4.78. The maximum Gasteiger partial charge on any atom is 0.433 e. The Kier molecular flexibility index (Phi) is 3.81. The lowest BCUT2D eigenvalue weighted by Gasteiger charge is -2.10. The van der Waals surface area contributed by atoms with Crippen molar-refractivity contribution in [3.8, 4) is 11.6 Å². The van der Waals surface area contributed by atoms with Gasteiger partial charge in [0.2, 0.25) is 0 Å². The molecular formula is C13H12N6O4. The van der Waals surface area contributed by atoms with E-state index in [4.69, 9.17) is 4.42 Å². The van der Waals surface area contributed by atoms with Gasteiger partial charge in [0.15, 0.2) is 17.2 Å². The second kappa shape index (κ2) is 5.93. The molecule has 3 rings (SSSR count). The predicted octanol–water partition coefficient (Wildman–Crippen LogP) is 1.38. The van der Waals surface area contributed by atoms with Crippen LogP contribution in [0.5, 0.6) is 0 Å². The van der Waals surface area contributed by atoms with E-state index in [1.807, 2.05) is 0 Å². The first kappa shape index (κ1) is 14.8. The molecule has 0 aliphatic carbocycles. The van der Waals surface area contributed by atoms with Gasteiger partial charge in [-0.05, 0) is 13.0 Å². The van der Waals surface area contributed by atoms with Crippen LogP contribution in [0.2, 0.25) is 0 Å². The van der Waals surface area contributed by atoms with E-state index in [9.17, 15) is 15.2 Å². The normalized spacial score (nSPS) is 12.3. The molecule has 0 radical (unpaired) electrons. The fourth-order valence-electron chi connectivity index (χ4n) is 1.91. The first-order chi connectivity index (χ1) is 11.0. The lowest BCUT2D eigenvalue weighted by atomic mass is 10.3. The van der Waals surface area contributed by atoms with Gasteiger partial charge in [-0.15, -0.1) is 0 Å². The van der Waals surface area contributed by atoms with Gasteiger partial charge in [-0.1, -0.05) is 0 Å². The summed E-state index contributed by atoms with van der Waals surface area (Å²) < 4.78 is 5.12. The third kappa shape index (κ3) is 3.06. The summed E-state index contributed by atoms with van der Waals surface area (Å²) in [5.41, 5.74) is 0.358. The number of aromatic nitrogens is 4. The van der Waals surface area contributed by atoms with Crippen LogP contribution in [0.3, 0.4) is 0 Å². The smallest absolute Gasteiger partial charge is 0.397 e. The van der Waals surface area contributed by atoms with E-state index in [1.54, 1.807) is 13.1 Å². The number of aliphatic hydroxyl groups excluding tert-OH is 1. The van der Waals surface area contributed by atoms with Crippen molar-refractivity contribution in [2.45, 2.75) is 13.0 Å². The van der Waals surface area contributed by atoms with Gasteiger partial charge in [-0.2, -0.15) is 0 Å². The van der Waals surface area contributed by atoms with Crippen LogP contribution in [-0.4, -0.2) is 42.6 Å². The molecule has 10 heteroatoms. The molecule has 10 nitrogen and oxygen atoms in total. The Morgan fingerprint density at radius 1 is 1.43 bits per heavy atom. The topological polar surface area (TPSA) is 140 Å². The Morgan fingerprint density at radius 3 is 2.96 bits per heavy atom. The maximum atomic E-state index is 10.7. The first-order valence-corrected chi connectivity index (χ1v) is 6.69. The minimum Gasteiger partial charge on any atom is -0.397 e. The van der Waals surface area contributed by atoms with Gasteiger partial charge in [0.25, 0.3) is 0 Å². The van der Waals surface area contributed by atoms with Gasteiger partial charge in [0.05, 0.1) is 17.6 Å². The Bertz CT molecular complexity index is 863. The van der Waals surface area contributed by atoms with Crippen LogP contribution in [0.15, 0.2) is 29.1 Å². The zero-order chi connectivity index (χ0) is 16.4. The summed E-state index contributed by atoms with van der Waals surface area (Å²) in [6, 6.07) is 2.64. The van der Waals surface area contributed by atoms with Crippen molar-refractivity contribution in [1.82, 2.24) is 19.9 Å². The number of aliphatic hydroxyl groups is 1. The monoisotopic (exact) mass is 316 g/mol. The highest BCUT2D eigenvalue weighted by atomic mass is 16.6. The minimum atomic E-state index is -0.640. The van der Waals surface area contributed by atoms with E-state index in [-0.39, 0.29) is 18.1 Å². The molecule has 3 aromatic rings. The number of anilines is 1. The lowest BCUT2D eigenvalue weighted by molar-refractivity contribution is -0.401. The van der Waals surface area contributed by atoms with Gasteiger partial charge in [-0.25, -0.2) is 19.9 Å². The molecule has 3 heterocycles. The molecule has 1 atom stereocenters. The summed E-state index contributed by atoms with van der Waals surface area (Å²) in [6.45, 7) is 1.89. The minimum absolute atomic E-state index is 0.150. The molecule has 0 amide bonds. The van der Waals surface area contributed by atoms with Crippen molar-refractivity contribution >= 4 is 22.7 Å². The number of furan rings is 1. The Morgan fingerprint density at radius 2 is 2.26 bits per heavy atom. The van der Waals surface area contributed by atoms with Crippen molar-refractivity contribution in [3.05, 3.63) is 34.8 Å². The molecule has 118 valence electrons. The molecule has 0 fully saturated rings. The number of hydrogen-bond acceptors (Lipinski definition) is 9. The van der Waals surface area contributed by atoms with Crippen LogP contribution >= 0.6 is 0 Å². The average molecular weight is 316 g/mol. The van der Waals surface area contributed by atoms with Crippen LogP contribution in [0.25, 0.3) is 22.6 Å². The van der Waals surface area contributed by atoms with Crippen LogP contribution in [0.4, 0.5) is 11.7 Å². The summed E-state index contributed by atoms with van der Waals surface area (Å²) in [7, 11) is 0. The quantitative estimate of drug-likeness (QED) is 0.527. The first-order valence-electron chi connectivity index (χ1n) is 6.69. The Balaban J connectivity index is 2.08. The molecule has 0 aliphatic heterocycles. The van der Waals surface area contributed by atoms with E-state index in [0.717, 1.165) is 0 Å². The lowest BCUT2D eigenvalue weighted by Crippen LogP contribution is -2.16. The number of rotatable bonds is 5. The Labute approximate surface area is 129 Å². The molecule has 1 unspecified atom stereocenters. The van der Waals surface area contributed by atoms with Gasteiger partial charge in [0, 0.05) is 12.7 Å². The summed E-state index contributed by atoms with van der Waals surface area (Å²) in [4.78, 5) is 26.6. The average Bonchev–Trinajstić information content (AvgIpc) is 3.02. The van der Waals surface area contributed by atoms with Crippen LogP contribution < -0.4 is 5.32 Å². The van der Waals surface area contributed by atoms with Crippen LogP contribution in [0, 0.1) is 10.1 Å². The summed E-state index contributed by atoms with van der Waals surface area (Å²) in [5.74, 6) is 0.310. The summed E-state index contributed by atoms with van der Waals surface area (Å²) >= 11 is 0. The van der Waals surface area contributed by atoms with Crippen LogP contribution in [-0.2, 0) is 0 Å². The standard InChI is InChI=1S/C13H12N6O4/c1-7(20)4-15-11-8-5-14-6-16-12(8)18-13(17-11)9-2-3-10(23-9)19(21)22/h2-3,5-7,20H,4H2,1H3,(H,14,15,16,17,18). The molecule has 0 aromatic carbocycles. The molecule has 0 saturated heterocycles. The number of nitrogens with one attached hydrogen (secondary N) is 1. The molecule has 0 saturated carbocycles. The Hall–Kier alpha value is -3.14. The van der Waals surface area contributed by atoms with E-state index < -0.39 is 16.9 Å². The van der Waals surface area contributed by atoms with Crippen molar-refractivity contribution in [1.29, 1.82) is 0 Å². The molecular weight excluding hydrogens is 304 g/mol. The fraction of sp³-hybridized carbons (Fsp3) is 0.231. The van der Waals surface area contributed by atoms with E-state index in [0.29, 0.717) is 16.9 Å². The highest BCUT2D eigenvalue weighted by Gasteiger charge is 2.17. The molecule has 0 aliphatic rings. The van der Waals surface area contributed by atoms with Gasteiger partial charge in [0.1, 0.15) is 17.1 Å². The highest BCUT2D eigenvalue weighted by molar-refractivity contribution is 5.86. The molecule has 3 aromatic heterocycles. The summed E-state index contributed by atoms with van der Waals surface area (Å²) in [6.07, 6.45) is 2.29. The fourth-order valence-corrected chi connectivity index (χ4v) is 1.91. The third-order valence-corrected chi connectivity index (χ3v) is 2.93. The second-order valence-corrected chi connectivity index (χ2v) is 4.78. The van der Waals surface area contributed by atoms with Gasteiger partial charge < -0.3 is 14.8 Å². The van der Waals surface area contributed by atoms with Crippen molar-refractivity contribution < 1.29 is 14.4 Å². The van der Waals surface area contributed by atoms with Crippen LogP contribution in [0.1, 0.15) is 6.92 Å². The third-order valence-electron chi connectivity index (χ3n) is 2.93. The van der Waals surface area contributed by atoms with Crippen molar-refractivity contribution in [3.63, 3.8) is 0 Å². The van der Waals surface area contributed by atoms with Crippen molar-refractivity contribution in [2.24, 2.45) is 0 Å². The number of nitro groups is 1. The van der Waals surface area contributed by atoms with E-state index in [1.165, 1.54) is 18.5 Å². The predicted molar refractivity (Wildman–Crippen MR) is 79.7 cm³/mol. The molecule has 0 bridgehead atoms. The van der Waals surface area contributed by atoms with Gasteiger partial charge >= 0.3 is 5.88 Å².